The lowest BCUT2D eigenvalue weighted by atomic mass is 10.1. The van der Waals surface area contributed by atoms with Crippen LogP contribution in [0.2, 0.25) is 0 Å². The van der Waals surface area contributed by atoms with Gasteiger partial charge in [0.2, 0.25) is 5.91 Å². The van der Waals surface area contributed by atoms with Gasteiger partial charge in [-0.05, 0) is 36.8 Å². The van der Waals surface area contributed by atoms with Crippen LogP contribution < -0.4 is 11.1 Å². The zero-order valence-corrected chi connectivity index (χ0v) is 10.5. The number of carbonyl (C=O) groups excluding carboxylic acids is 1. The Morgan fingerprint density at radius 2 is 2.17 bits per heavy atom. The minimum atomic E-state index is -0.0251. The maximum atomic E-state index is 11.4. The molecule has 1 amide bonds. The largest absolute Gasteiger partial charge is 0.399 e. The molecule has 1 aliphatic rings. The standard InChI is InChI=1S/C14H20N2O2/c15-13-4-2-1-3-12(13)7-8-18-10-14(17)16-9-11-5-6-11/h1-4,11H,5-10,15H2,(H,16,17). The normalized spacial score (nSPS) is 14.4. The lowest BCUT2D eigenvalue weighted by Gasteiger charge is -2.07. The third kappa shape index (κ3) is 4.37. The number of amides is 1. The highest BCUT2D eigenvalue weighted by Crippen LogP contribution is 2.27. The minimum Gasteiger partial charge on any atom is -0.399 e. The second-order valence-electron chi connectivity index (χ2n) is 4.75. The van der Waals surface area contributed by atoms with Crippen LogP contribution in [0.15, 0.2) is 24.3 Å². The van der Waals surface area contributed by atoms with Crippen molar-refractivity contribution >= 4 is 11.6 Å². The summed E-state index contributed by atoms with van der Waals surface area (Å²) in [5.74, 6) is 0.681. The first kappa shape index (κ1) is 12.9. The Hall–Kier alpha value is -1.55. The van der Waals surface area contributed by atoms with Crippen molar-refractivity contribution in [2.75, 3.05) is 25.5 Å². The topological polar surface area (TPSA) is 64.3 Å². The van der Waals surface area contributed by atoms with Crippen molar-refractivity contribution in [3.63, 3.8) is 0 Å². The number of nitrogens with one attached hydrogen (secondary N) is 1. The van der Waals surface area contributed by atoms with Crippen molar-refractivity contribution in [3.05, 3.63) is 29.8 Å². The predicted molar refractivity (Wildman–Crippen MR) is 71.1 cm³/mol. The monoisotopic (exact) mass is 248 g/mol. The molecule has 0 bridgehead atoms. The first-order chi connectivity index (χ1) is 8.75. The molecular weight excluding hydrogens is 228 g/mol. The van der Waals surface area contributed by atoms with Gasteiger partial charge in [-0.15, -0.1) is 0 Å². The molecule has 0 aliphatic heterocycles. The van der Waals surface area contributed by atoms with Crippen molar-refractivity contribution in [1.29, 1.82) is 0 Å². The molecule has 2 rings (SSSR count). The average molecular weight is 248 g/mol. The Labute approximate surface area is 108 Å². The van der Waals surface area contributed by atoms with Crippen molar-refractivity contribution in [1.82, 2.24) is 5.32 Å². The van der Waals surface area contributed by atoms with E-state index < -0.39 is 0 Å². The molecule has 98 valence electrons. The van der Waals surface area contributed by atoms with Crippen LogP contribution in [0.5, 0.6) is 0 Å². The van der Waals surface area contributed by atoms with Crippen LogP contribution in [-0.4, -0.2) is 25.7 Å². The number of carbonyl (C=O) groups is 1. The van der Waals surface area contributed by atoms with Crippen LogP contribution in [0, 0.1) is 5.92 Å². The number of anilines is 1. The molecule has 0 atom stereocenters. The number of benzene rings is 1. The first-order valence-corrected chi connectivity index (χ1v) is 6.43. The van der Waals surface area contributed by atoms with Gasteiger partial charge in [0.05, 0.1) is 6.61 Å². The zero-order valence-electron chi connectivity index (χ0n) is 10.5. The van der Waals surface area contributed by atoms with E-state index in [9.17, 15) is 4.79 Å². The van der Waals surface area contributed by atoms with E-state index in [1.54, 1.807) is 0 Å². The number of nitrogens with two attached hydrogens (primary N) is 1. The Bertz CT molecular complexity index is 403. The van der Waals surface area contributed by atoms with Crippen LogP contribution in [0.25, 0.3) is 0 Å². The van der Waals surface area contributed by atoms with Crippen molar-refractivity contribution in [3.8, 4) is 0 Å². The van der Waals surface area contributed by atoms with Crippen LogP contribution in [-0.2, 0) is 16.0 Å². The smallest absolute Gasteiger partial charge is 0.246 e. The molecule has 3 N–H and O–H groups in total. The lowest BCUT2D eigenvalue weighted by Crippen LogP contribution is -2.29. The molecule has 18 heavy (non-hydrogen) atoms. The van der Waals surface area contributed by atoms with Crippen molar-refractivity contribution in [2.45, 2.75) is 19.3 Å². The van der Waals surface area contributed by atoms with Crippen molar-refractivity contribution in [2.24, 2.45) is 5.92 Å². The zero-order chi connectivity index (χ0) is 12.8. The second kappa shape index (κ2) is 6.40. The predicted octanol–water partition coefficient (Wildman–Crippen LogP) is 1.35. The summed E-state index contributed by atoms with van der Waals surface area (Å²) in [6.45, 7) is 1.46. The summed E-state index contributed by atoms with van der Waals surface area (Å²) in [5, 5.41) is 2.87. The van der Waals surface area contributed by atoms with Crippen LogP contribution in [0.4, 0.5) is 5.69 Å². The van der Waals surface area contributed by atoms with Gasteiger partial charge in [-0.3, -0.25) is 4.79 Å². The maximum Gasteiger partial charge on any atom is 0.246 e. The molecule has 0 spiro atoms. The number of hydrogen-bond acceptors (Lipinski definition) is 3. The van der Waals surface area contributed by atoms with E-state index >= 15 is 0 Å². The Kier molecular flexibility index (Phi) is 4.59. The molecule has 1 saturated carbocycles. The van der Waals surface area contributed by atoms with E-state index in [-0.39, 0.29) is 12.5 Å². The number of rotatable bonds is 7. The molecule has 4 nitrogen and oxygen atoms in total. The van der Waals surface area contributed by atoms with E-state index in [4.69, 9.17) is 10.5 Å². The number of para-hydroxylation sites is 1. The van der Waals surface area contributed by atoms with E-state index in [2.05, 4.69) is 5.32 Å². The fourth-order valence-electron chi connectivity index (χ4n) is 1.74. The van der Waals surface area contributed by atoms with Gasteiger partial charge in [0.1, 0.15) is 6.61 Å². The third-order valence-corrected chi connectivity index (χ3v) is 3.09. The van der Waals surface area contributed by atoms with E-state index in [0.717, 1.165) is 24.2 Å². The Balaban J connectivity index is 1.57. The summed E-state index contributed by atoms with van der Waals surface area (Å²) >= 11 is 0. The summed E-state index contributed by atoms with van der Waals surface area (Å²) in [5.41, 5.74) is 7.66. The molecule has 0 saturated heterocycles. The minimum absolute atomic E-state index is 0.0251. The number of ether oxygens (including phenoxy) is 1. The molecule has 0 heterocycles. The highest BCUT2D eigenvalue weighted by atomic mass is 16.5. The molecule has 1 fully saturated rings. The van der Waals surface area contributed by atoms with E-state index in [1.165, 1.54) is 12.8 Å². The Morgan fingerprint density at radius 1 is 1.39 bits per heavy atom. The fraction of sp³-hybridized carbons (Fsp3) is 0.500. The summed E-state index contributed by atoms with van der Waals surface area (Å²) in [6, 6.07) is 7.71. The molecule has 1 aromatic carbocycles. The van der Waals surface area contributed by atoms with Gasteiger partial charge >= 0.3 is 0 Å². The number of nitrogen functional groups attached to an aromatic ring is 1. The molecular formula is C14H20N2O2. The summed E-state index contributed by atoms with van der Waals surface area (Å²) in [4.78, 5) is 11.4. The van der Waals surface area contributed by atoms with Crippen LogP contribution in [0.1, 0.15) is 18.4 Å². The fourth-order valence-corrected chi connectivity index (χ4v) is 1.74. The van der Waals surface area contributed by atoms with Gasteiger partial charge < -0.3 is 15.8 Å². The van der Waals surface area contributed by atoms with Crippen LogP contribution in [0.3, 0.4) is 0 Å². The summed E-state index contributed by atoms with van der Waals surface area (Å²) in [7, 11) is 0. The summed E-state index contributed by atoms with van der Waals surface area (Å²) < 4.78 is 5.34. The molecule has 1 aliphatic carbocycles. The summed E-state index contributed by atoms with van der Waals surface area (Å²) in [6.07, 6.45) is 3.23. The molecule has 1 aromatic rings. The molecule has 4 heteroatoms. The molecule has 0 unspecified atom stereocenters. The highest BCUT2D eigenvalue weighted by molar-refractivity contribution is 5.77. The lowest BCUT2D eigenvalue weighted by molar-refractivity contribution is -0.125. The second-order valence-corrected chi connectivity index (χ2v) is 4.75. The average Bonchev–Trinajstić information content (AvgIpc) is 3.18. The quantitative estimate of drug-likeness (QED) is 0.565. The van der Waals surface area contributed by atoms with Gasteiger partial charge in [0.25, 0.3) is 0 Å². The van der Waals surface area contributed by atoms with Crippen LogP contribution >= 0.6 is 0 Å². The number of hydrogen-bond donors (Lipinski definition) is 2. The van der Waals surface area contributed by atoms with E-state index in [0.29, 0.717) is 12.5 Å². The maximum absolute atomic E-state index is 11.4. The molecule has 0 aromatic heterocycles. The van der Waals surface area contributed by atoms with Crippen molar-refractivity contribution < 1.29 is 9.53 Å². The first-order valence-electron chi connectivity index (χ1n) is 6.43. The van der Waals surface area contributed by atoms with E-state index in [1.807, 2.05) is 24.3 Å². The SMILES string of the molecule is Nc1ccccc1CCOCC(=O)NCC1CC1. The molecule has 0 radical (unpaired) electrons. The third-order valence-electron chi connectivity index (χ3n) is 3.09. The highest BCUT2D eigenvalue weighted by Gasteiger charge is 2.21. The van der Waals surface area contributed by atoms with Gasteiger partial charge in [-0.1, -0.05) is 18.2 Å². The van der Waals surface area contributed by atoms with Gasteiger partial charge in [0.15, 0.2) is 0 Å². The van der Waals surface area contributed by atoms with Gasteiger partial charge in [-0.25, -0.2) is 0 Å². The van der Waals surface area contributed by atoms with Gasteiger partial charge in [-0.2, -0.15) is 0 Å². The Morgan fingerprint density at radius 3 is 2.89 bits per heavy atom. The van der Waals surface area contributed by atoms with Gasteiger partial charge in [0, 0.05) is 12.2 Å².